The molecule has 2 aromatic rings. The van der Waals surface area contributed by atoms with Crippen LogP contribution in [0.3, 0.4) is 0 Å². The first-order valence-corrected chi connectivity index (χ1v) is 11.1. The first kappa shape index (κ1) is 19.5. The molecule has 1 atom stereocenters. The van der Waals surface area contributed by atoms with Crippen LogP contribution in [0.1, 0.15) is 44.3 Å². The molecule has 1 aromatic heterocycles. The molecule has 0 bridgehead atoms. The second-order valence-electron chi connectivity index (χ2n) is 8.00. The number of carbonyl (C=O) groups is 1. The summed E-state index contributed by atoms with van der Waals surface area (Å²) in [7, 11) is 0. The van der Waals surface area contributed by atoms with E-state index in [4.69, 9.17) is 0 Å². The fourth-order valence-electron chi connectivity index (χ4n) is 4.07. The van der Waals surface area contributed by atoms with Crippen molar-refractivity contribution in [3.63, 3.8) is 0 Å². The minimum atomic E-state index is -0.0362. The van der Waals surface area contributed by atoms with Crippen LogP contribution in [0.25, 0.3) is 0 Å². The zero-order chi connectivity index (χ0) is 19.5. The number of hydrogen-bond donors (Lipinski definition) is 1. The smallest absolute Gasteiger partial charge is 0.236 e. The number of piperidine rings is 1. The minimum Gasteiger partial charge on any atom is -0.342 e. The second kappa shape index (κ2) is 8.66. The molecule has 1 saturated heterocycles. The zero-order valence-corrected chi connectivity index (χ0v) is 17.5. The highest BCUT2D eigenvalue weighted by atomic mass is 32.2. The van der Waals surface area contributed by atoms with Crippen LogP contribution in [0.2, 0.25) is 0 Å². The minimum absolute atomic E-state index is 0.0362. The zero-order valence-electron chi connectivity index (χ0n) is 16.7. The summed E-state index contributed by atoms with van der Waals surface area (Å²) in [6, 6.07) is 10.3. The van der Waals surface area contributed by atoms with Crippen molar-refractivity contribution in [2.45, 2.75) is 55.8 Å². The van der Waals surface area contributed by atoms with Gasteiger partial charge >= 0.3 is 0 Å². The Bertz CT molecular complexity index is 798. The molecule has 3 heterocycles. The topological polar surface area (TPSA) is 63.1 Å². The highest BCUT2D eigenvalue weighted by molar-refractivity contribution is 8.00. The van der Waals surface area contributed by atoms with Gasteiger partial charge in [-0.15, -0.1) is 22.0 Å². The Balaban J connectivity index is 1.39. The normalized spacial score (nSPS) is 18.9. The first-order valence-electron chi connectivity index (χ1n) is 10.3. The molecule has 0 radical (unpaired) electrons. The number of benzene rings is 1. The highest BCUT2D eigenvalue weighted by Crippen LogP contribution is 2.32. The van der Waals surface area contributed by atoms with Crippen LogP contribution in [-0.4, -0.2) is 50.5 Å². The molecular formula is C21H29N5OS. The van der Waals surface area contributed by atoms with Crippen molar-refractivity contribution in [1.29, 1.82) is 0 Å². The van der Waals surface area contributed by atoms with Gasteiger partial charge in [0.05, 0.1) is 11.8 Å². The van der Waals surface area contributed by atoms with Crippen LogP contribution in [0, 0.1) is 5.92 Å². The van der Waals surface area contributed by atoms with E-state index in [9.17, 15) is 4.79 Å². The molecule has 7 heteroatoms. The maximum atomic E-state index is 13.2. The summed E-state index contributed by atoms with van der Waals surface area (Å²) < 4.78 is 2.28. The Hall–Kier alpha value is -1.86. The van der Waals surface area contributed by atoms with Crippen LogP contribution in [0.4, 0.5) is 0 Å². The van der Waals surface area contributed by atoms with Gasteiger partial charge in [0.1, 0.15) is 11.6 Å². The Morgan fingerprint density at radius 3 is 2.61 bits per heavy atom. The van der Waals surface area contributed by atoms with Gasteiger partial charge in [-0.1, -0.05) is 32.0 Å². The van der Waals surface area contributed by atoms with E-state index in [1.165, 1.54) is 0 Å². The van der Waals surface area contributed by atoms with Crippen LogP contribution < -0.4 is 5.32 Å². The lowest BCUT2D eigenvalue weighted by Crippen LogP contribution is -2.44. The summed E-state index contributed by atoms with van der Waals surface area (Å²) >= 11 is 1.69. The molecular weight excluding hydrogens is 370 g/mol. The van der Waals surface area contributed by atoms with Gasteiger partial charge in [0.2, 0.25) is 5.91 Å². The highest BCUT2D eigenvalue weighted by Gasteiger charge is 2.33. The van der Waals surface area contributed by atoms with Crippen molar-refractivity contribution in [3.05, 3.63) is 42.0 Å². The Morgan fingerprint density at radius 1 is 1.14 bits per heavy atom. The molecule has 1 N–H and O–H groups in total. The lowest BCUT2D eigenvalue weighted by atomic mass is 9.95. The molecule has 0 aliphatic carbocycles. The summed E-state index contributed by atoms with van der Waals surface area (Å²) in [5, 5.41) is 12.1. The molecule has 150 valence electrons. The fourth-order valence-corrected chi connectivity index (χ4v) is 5.20. The number of rotatable bonds is 5. The standard InChI is InChI=1S/C21H29N5OS/c1-15(2)19(28-17-6-4-3-5-7-17)21(27)25-11-8-16(9-12-25)20-24-23-18-14-22-10-13-26(18)20/h3-7,15-16,19,22H,8-14H2,1-2H3. The summed E-state index contributed by atoms with van der Waals surface area (Å²) in [6.07, 6.45) is 1.94. The quantitative estimate of drug-likeness (QED) is 0.784. The van der Waals surface area contributed by atoms with Gasteiger partial charge in [0, 0.05) is 37.0 Å². The molecule has 0 saturated carbocycles. The number of hydrogen-bond acceptors (Lipinski definition) is 5. The number of amides is 1. The molecule has 1 unspecified atom stereocenters. The summed E-state index contributed by atoms with van der Waals surface area (Å²) in [5.74, 6) is 3.13. The van der Waals surface area contributed by atoms with Gasteiger partial charge in [0.25, 0.3) is 0 Å². The van der Waals surface area contributed by atoms with Crippen molar-refractivity contribution >= 4 is 17.7 Å². The van der Waals surface area contributed by atoms with Gasteiger partial charge in [-0.05, 0) is 30.9 Å². The third kappa shape index (κ3) is 4.10. The van der Waals surface area contributed by atoms with E-state index in [1.807, 2.05) is 18.2 Å². The maximum Gasteiger partial charge on any atom is 0.236 e. The van der Waals surface area contributed by atoms with Crippen molar-refractivity contribution in [1.82, 2.24) is 25.0 Å². The van der Waals surface area contributed by atoms with Crippen molar-refractivity contribution < 1.29 is 4.79 Å². The number of nitrogens with one attached hydrogen (secondary N) is 1. The van der Waals surface area contributed by atoms with Crippen LogP contribution >= 0.6 is 11.8 Å². The summed E-state index contributed by atoms with van der Waals surface area (Å²) in [5.41, 5.74) is 0. The lowest BCUT2D eigenvalue weighted by Gasteiger charge is -2.35. The van der Waals surface area contributed by atoms with Gasteiger partial charge in [-0.2, -0.15) is 0 Å². The van der Waals surface area contributed by atoms with Crippen molar-refractivity contribution in [2.24, 2.45) is 5.92 Å². The number of aromatic nitrogens is 3. The predicted molar refractivity (Wildman–Crippen MR) is 111 cm³/mol. The molecule has 28 heavy (non-hydrogen) atoms. The average molecular weight is 400 g/mol. The fraction of sp³-hybridized carbons (Fsp3) is 0.571. The van der Waals surface area contributed by atoms with Gasteiger partial charge in [0.15, 0.2) is 0 Å². The SMILES string of the molecule is CC(C)C(Sc1ccccc1)C(=O)N1CCC(c2nnc3n2CCNC3)CC1. The number of carbonyl (C=O) groups excluding carboxylic acids is 1. The molecule has 2 aliphatic rings. The Labute approximate surface area is 171 Å². The number of likely N-dealkylation sites (tertiary alicyclic amines) is 1. The average Bonchev–Trinajstić information content (AvgIpc) is 3.16. The van der Waals surface area contributed by atoms with Gasteiger partial charge in [-0.3, -0.25) is 4.79 Å². The largest absolute Gasteiger partial charge is 0.342 e. The number of fused-ring (bicyclic) bond motifs is 1. The number of nitrogens with zero attached hydrogens (tertiary/aromatic N) is 4. The second-order valence-corrected chi connectivity index (χ2v) is 9.21. The molecule has 0 spiro atoms. The maximum absolute atomic E-state index is 13.2. The Morgan fingerprint density at radius 2 is 1.89 bits per heavy atom. The lowest BCUT2D eigenvalue weighted by molar-refractivity contribution is -0.132. The van der Waals surface area contributed by atoms with Crippen LogP contribution in [0.5, 0.6) is 0 Å². The van der Waals surface area contributed by atoms with Crippen molar-refractivity contribution in [3.8, 4) is 0 Å². The Kier molecular flexibility index (Phi) is 6.01. The van der Waals surface area contributed by atoms with E-state index in [1.54, 1.807) is 11.8 Å². The monoisotopic (exact) mass is 399 g/mol. The third-order valence-electron chi connectivity index (χ3n) is 5.68. The molecule has 2 aliphatic heterocycles. The van der Waals surface area contributed by atoms with Crippen molar-refractivity contribution in [2.75, 3.05) is 19.6 Å². The third-order valence-corrected chi connectivity index (χ3v) is 7.22. The molecule has 6 nitrogen and oxygen atoms in total. The van der Waals surface area contributed by atoms with E-state index in [2.05, 4.69) is 51.0 Å². The summed E-state index contributed by atoms with van der Waals surface area (Å²) in [6.45, 7) is 8.62. The summed E-state index contributed by atoms with van der Waals surface area (Å²) in [4.78, 5) is 16.5. The van der Waals surface area contributed by atoms with E-state index >= 15 is 0 Å². The molecule has 1 amide bonds. The molecule has 4 rings (SSSR count). The van der Waals surface area contributed by atoms with Crippen LogP contribution in [0.15, 0.2) is 35.2 Å². The van der Waals surface area contributed by atoms with E-state index in [0.29, 0.717) is 11.8 Å². The number of thioether (sulfide) groups is 1. The van der Waals surface area contributed by atoms with E-state index in [-0.39, 0.29) is 11.2 Å². The first-order chi connectivity index (χ1) is 13.6. The predicted octanol–water partition coefficient (Wildman–Crippen LogP) is 2.90. The van der Waals surface area contributed by atoms with E-state index in [0.717, 1.165) is 62.1 Å². The molecule has 1 aromatic carbocycles. The van der Waals surface area contributed by atoms with Gasteiger partial charge in [-0.25, -0.2) is 0 Å². The van der Waals surface area contributed by atoms with Crippen LogP contribution in [-0.2, 0) is 17.9 Å². The van der Waals surface area contributed by atoms with Gasteiger partial charge < -0.3 is 14.8 Å². The van der Waals surface area contributed by atoms with E-state index < -0.39 is 0 Å². The molecule has 1 fully saturated rings.